The highest BCUT2D eigenvalue weighted by atomic mass is 35.5. The standard InChI is InChI=1S/C20H25ClFN5O4/c1-12-11-31-20(30)27(12)14-2-3-15(16(22)9-14)19(29)26-6-4-25(5-7-26)10-13(23)8-17(28)18(21)24/h2-3,8-9,12,28H,4-7,10-11,23-24H2,1H3/b13-8+,18-17+/t12-/m1/s1. The molecule has 0 saturated carbocycles. The van der Waals surface area contributed by atoms with Gasteiger partial charge in [0.2, 0.25) is 0 Å². The van der Waals surface area contributed by atoms with Crippen LogP contribution in [0.25, 0.3) is 0 Å². The summed E-state index contributed by atoms with van der Waals surface area (Å²) in [6.45, 7) is 4.23. The van der Waals surface area contributed by atoms with Gasteiger partial charge in [-0.2, -0.15) is 0 Å². The number of benzene rings is 1. The second kappa shape index (κ2) is 9.44. The molecule has 2 heterocycles. The molecule has 0 unspecified atom stereocenters. The van der Waals surface area contributed by atoms with E-state index in [4.69, 9.17) is 27.8 Å². The summed E-state index contributed by atoms with van der Waals surface area (Å²) < 4.78 is 19.6. The molecule has 0 aromatic heterocycles. The molecule has 11 heteroatoms. The summed E-state index contributed by atoms with van der Waals surface area (Å²) in [5, 5.41) is 9.29. The molecule has 0 bridgehead atoms. The van der Waals surface area contributed by atoms with E-state index in [1.807, 2.05) is 4.90 Å². The molecular weight excluding hydrogens is 429 g/mol. The van der Waals surface area contributed by atoms with E-state index in [2.05, 4.69) is 0 Å². The Bertz CT molecular complexity index is 926. The van der Waals surface area contributed by atoms with Gasteiger partial charge < -0.3 is 26.2 Å². The van der Waals surface area contributed by atoms with Crippen LogP contribution in [0.5, 0.6) is 0 Å². The lowest BCUT2D eigenvalue weighted by Gasteiger charge is -2.35. The van der Waals surface area contributed by atoms with Gasteiger partial charge in [-0.05, 0) is 25.1 Å². The van der Waals surface area contributed by atoms with E-state index in [0.717, 1.165) is 0 Å². The van der Waals surface area contributed by atoms with Crippen molar-refractivity contribution in [3.05, 3.63) is 52.3 Å². The van der Waals surface area contributed by atoms with Crippen molar-refractivity contribution in [2.75, 3.05) is 44.2 Å². The zero-order valence-corrected chi connectivity index (χ0v) is 17.8. The van der Waals surface area contributed by atoms with E-state index in [9.17, 15) is 19.1 Å². The highest BCUT2D eigenvalue weighted by molar-refractivity contribution is 6.29. The first-order valence-electron chi connectivity index (χ1n) is 9.74. The Labute approximate surface area is 184 Å². The molecule has 2 saturated heterocycles. The Morgan fingerprint density at radius 1 is 1.32 bits per heavy atom. The van der Waals surface area contributed by atoms with Crippen LogP contribution in [0.3, 0.4) is 0 Å². The molecule has 31 heavy (non-hydrogen) atoms. The van der Waals surface area contributed by atoms with Gasteiger partial charge in [0.05, 0.1) is 17.3 Å². The van der Waals surface area contributed by atoms with Crippen molar-refractivity contribution in [3.63, 3.8) is 0 Å². The van der Waals surface area contributed by atoms with Gasteiger partial charge in [-0.3, -0.25) is 14.6 Å². The van der Waals surface area contributed by atoms with Crippen LogP contribution in [-0.4, -0.2) is 72.3 Å². The average Bonchev–Trinajstić information content (AvgIpc) is 3.06. The molecular formula is C20H25ClFN5O4. The third-order valence-electron chi connectivity index (χ3n) is 5.18. The fourth-order valence-electron chi connectivity index (χ4n) is 3.53. The number of aliphatic hydroxyl groups excluding tert-OH is 1. The second-order valence-electron chi connectivity index (χ2n) is 7.48. The number of hydrogen-bond acceptors (Lipinski definition) is 7. The van der Waals surface area contributed by atoms with E-state index in [0.29, 0.717) is 44.1 Å². The number of nitrogens with zero attached hydrogens (tertiary/aromatic N) is 3. The molecule has 0 aliphatic carbocycles. The van der Waals surface area contributed by atoms with Gasteiger partial charge in [0.15, 0.2) is 5.76 Å². The molecule has 0 radical (unpaired) electrons. The molecule has 2 fully saturated rings. The van der Waals surface area contributed by atoms with Gasteiger partial charge in [0, 0.05) is 44.5 Å². The van der Waals surface area contributed by atoms with Crippen LogP contribution in [-0.2, 0) is 4.74 Å². The van der Waals surface area contributed by atoms with Crippen molar-refractivity contribution in [2.24, 2.45) is 11.5 Å². The summed E-state index contributed by atoms with van der Waals surface area (Å²) in [5.74, 6) is -1.41. The fraction of sp³-hybridized carbons (Fsp3) is 0.400. The Morgan fingerprint density at radius 2 is 2.00 bits per heavy atom. The summed E-state index contributed by atoms with van der Waals surface area (Å²) >= 11 is 5.49. The zero-order chi connectivity index (χ0) is 22.7. The summed E-state index contributed by atoms with van der Waals surface area (Å²) in [4.78, 5) is 29.5. The van der Waals surface area contributed by atoms with E-state index < -0.39 is 17.8 Å². The number of aliphatic hydroxyl groups is 1. The monoisotopic (exact) mass is 453 g/mol. The van der Waals surface area contributed by atoms with Crippen LogP contribution in [0.4, 0.5) is 14.9 Å². The summed E-state index contributed by atoms with van der Waals surface area (Å²) in [7, 11) is 0. The molecule has 168 valence electrons. The summed E-state index contributed by atoms with van der Waals surface area (Å²) in [5.41, 5.74) is 11.8. The van der Waals surface area contributed by atoms with Crippen molar-refractivity contribution >= 4 is 29.3 Å². The van der Waals surface area contributed by atoms with Crippen LogP contribution < -0.4 is 16.4 Å². The predicted octanol–water partition coefficient (Wildman–Crippen LogP) is 1.70. The number of carbonyl (C=O) groups is 2. The van der Waals surface area contributed by atoms with Crippen LogP contribution in [0.15, 0.2) is 40.9 Å². The number of anilines is 1. The van der Waals surface area contributed by atoms with Crippen LogP contribution >= 0.6 is 11.6 Å². The van der Waals surface area contributed by atoms with E-state index in [-0.39, 0.29) is 29.1 Å². The maximum Gasteiger partial charge on any atom is 0.414 e. The first-order valence-corrected chi connectivity index (χ1v) is 10.1. The molecule has 1 aromatic rings. The number of nitrogens with two attached hydrogens (primary N) is 2. The van der Waals surface area contributed by atoms with Gasteiger partial charge in [-0.25, -0.2) is 9.18 Å². The van der Waals surface area contributed by atoms with Gasteiger partial charge in [0.25, 0.3) is 5.91 Å². The molecule has 3 rings (SSSR count). The Hall–Kier alpha value is -2.98. The Kier molecular flexibility index (Phi) is 6.91. The number of piperazine rings is 1. The molecule has 5 N–H and O–H groups in total. The smallest absolute Gasteiger partial charge is 0.414 e. The van der Waals surface area contributed by atoms with Crippen molar-refractivity contribution in [2.45, 2.75) is 13.0 Å². The number of cyclic esters (lactones) is 1. The largest absolute Gasteiger partial charge is 0.505 e. The van der Waals surface area contributed by atoms with Crippen LogP contribution in [0, 0.1) is 5.82 Å². The normalized spacial score (nSPS) is 21.2. The number of hydrogen-bond donors (Lipinski definition) is 3. The van der Waals surface area contributed by atoms with Gasteiger partial charge in [-0.1, -0.05) is 11.6 Å². The number of halogens is 2. The minimum atomic E-state index is -0.690. The number of rotatable bonds is 5. The third kappa shape index (κ3) is 5.20. The van der Waals surface area contributed by atoms with E-state index >= 15 is 0 Å². The topological polar surface area (TPSA) is 125 Å². The van der Waals surface area contributed by atoms with Crippen molar-refractivity contribution < 1.29 is 23.8 Å². The van der Waals surface area contributed by atoms with Crippen molar-refractivity contribution in [3.8, 4) is 0 Å². The van der Waals surface area contributed by atoms with Gasteiger partial charge in [-0.15, -0.1) is 0 Å². The molecule has 2 aliphatic heterocycles. The second-order valence-corrected chi connectivity index (χ2v) is 7.89. The number of amides is 2. The van der Waals surface area contributed by atoms with Crippen molar-refractivity contribution in [1.29, 1.82) is 0 Å². The summed E-state index contributed by atoms with van der Waals surface area (Å²) in [6.07, 6.45) is 0.751. The molecule has 2 aliphatic rings. The highest BCUT2D eigenvalue weighted by Gasteiger charge is 2.32. The first kappa shape index (κ1) is 22.7. The fourth-order valence-corrected chi connectivity index (χ4v) is 3.59. The summed E-state index contributed by atoms with van der Waals surface area (Å²) in [6, 6.07) is 3.91. The molecule has 2 amide bonds. The average molecular weight is 454 g/mol. The molecule has 1 atom stereocenters. The molecule has 1 aromatic carbocycles. The highest BCUT2D eigenvalue weighted by Crippen LogP contribution is 2.26. The Morgan fingerprint density at radius 3 is 2.55 bits per heavy atom. The molecule has 0 spiro atoms. The lowest BCUT2D eigenvalue weighted by molar-refractivity contribution is 0.0643. The molecule has 9 nitrogen and oxygen atoms in total. The maximum absolute atomic E-state index is 14.7. The minimum Gasteiger partial charge on any atom is -0.505 e. The SMILES string of the molecule is C[C@@H]1COC(=O)N1c1ccc(C(=O)N2CCN(C/C(N)=C\C(O)=C(/N)Cl)CC2)c(F)c1. The predicted molar refractivity (Wildman–Crippen MR) is 114 cm³/mol. The number of ether oxygens (including phenoxy) is 1. The number of carbonyl (C=O) groups excluding carboxylic acids is 2. The lowest BCUT2D eigenvalue weighted by Crippen LogP contribution is -2.49. The third-order valence-corrected chi connectivity index (χ3v) is 5.37. The van der Waals surface area contributed by atoms with E-state index in [1.54, 1.807) is 17.9 Å². The van der Waals surface area contributed by atoms with Crippen LogP contribution in [0.1, 0.15) is 17.3 Å². The van der Waals surface area contributed by atoms with Crippen molar-refractivity contribution in [1.82, 2.24) is 9.80 Å². The van der Waals surface area contributed by atoms with Gasteiger partial charge in [0.1, 0.15) is 17.6 Å². The zero-order valence-electron chi connectivity index (χ0n) is 17.1. The minimum absolute atomic E-state index is 0.0514. The lowest BCUT2D eigenvalue weighted by atomic mass is 10.1. The Balaban J connectivity index is 1.61. The van der Waals surface area contributed by atoms with E-state index in [1.165, 1.54) is 23.1 Å². The quantitative estimate of drug-likeness (QED) is 0.352. The van der Waals surface area contributed by atoms with Crippen LogP contribution in [0.2, 0.25) is 0 Å². The number of allylic oxidation sites excluding steroid dienone is 1. The first-order chi connectivity index (χ1) is 14.7. The maximum atomic E-state index is 14.7. The van der Waals surface area contributed by atoms with Gasteiger partial charge >= 0.3 is 6.09 Å².